The number of hydrogen-bond donors (Lipinski definition) is 0. The van der Waals surface area contributed by atoms with Crippen molar-refractivity contribution in [3.63, 3.8) is 0 Å². The van der Waals surface area contributed by atoms with Crippen LogP contribution in [-0.2, 0) is 0 Å². The highest BCUT2D eigenvalue weighted by Gasteiger charge is 1.87. The zero-order valence-corrected chi connectivity index (χ0v) is 11.2. The Bertz CT molecular complexity index is 145. The molecule has 0 saturated carbocycles. The molecule has 0 bridgehead atoms. The van der Waals surface area contributed by atoms with E-state index >= 15 is 0 Å². The largest absolute Gasteiger partial charge is 0.0844 e. The summed E-state index contributed by atoms with van der Waals surface area (Å²) in [5, 5.41) is 0.856. The van der Waals surface area contributed by atoms with Gasteiger partial charge in [0.25, 0.3) is 0 Å². The maximum absolute atomic E-state index is 5.81. The van der Waals surface area contributed by atoms with Crippen LogP contribution in [0.4, 0.5) is 0 Å². The van der Waals surface area contributed by atoms with Crippen molar-refractivity contribution in [1.29, 1.82) is 0 Å². The Labute approximate surface area is 89.7 Å². The first-order valence-electron chi connectivity index (χ1n) is 5.02. The quantitative estimate of drug-likeness (QED) is 0.492. The lowest BCUT2D eigenvalue weighted by Crippen LogP contribution is -1.71. The molecule has 0 aliphatic rings. The minimum absolute atomic E-state index is 0.856. The van der Waals surface area contributed by atoms with E-state index in [1.807, 2.05) is 61.5 Å². The SMILES string of the molecule is CC.CC.CC(C)=CC(Cl)=C(C)C. The minimum atomic E-state index is 0.856. The molecule has 0 N–H and O–H groups in total. The fourth-order valence-electron chi connectivity index (χ4n) is 0.398. The van der Waals surface area contributed by atoms with Gasteiger partial charge in [0.2, 0.25) is 0 Å². The van der Waals surface area contributed by atoms with Crippen molar-refractivity contribution in [3.8, 4) is 0 Å². The fourth-order valence-corrected chi connectivity index (χ4v) is 0.616. The lowest BCUT2D eigenvalue weighted by Gasteiger charge is -1.92. The minimum Gasteiger partial charge on any atom is -0.0844 e. The van der Waals surface area contributed by atoms with Gasteiger partial charge in [0.1, 0.15) is 0 Å². The van der Waals surface area contributed by atoms with Crippen LogP contribution >= 0.6 is 11.6 Å². The standard InChI is InChI=1S/C8H13Cl.2C2H6/c1-6(2)5-8(9)7(3)4;2*1-2/h5H,1-4H3;2*1-2H3. The predicted octanol–water partition coefficient (Wildman–Crippen LogP) is 5.54. The monoisotopic (exact) mass is 204 g/mol. The summed E-state index contributed by atoms with van der Waals surface area (Å²) in [5.41, 5.74) is 2.40. The van der Waals surface area contributed by atoms with Gasteiger partial charge >= 0.3 is 0 Å². The molecule has 0 nitrogen and oxygen atoms in total. The first-order chi connectivity index (χ1) is 6.04. The van der Waals surface area contributed by atoms with Crippen molar-refractivity contribution in [3.05, 3.63) is 22.3 Å². The number of rotatable bonds is 1. The van der Waals surface area contributed by atoms with Gasteiger partial charge in [-0.2, -0.15) is 0 Å². The molecule has 0 heterocycles. The van der Waals surface area contributed by atoms with Crippen LogP contribution in [0.15, 0.2) is 22.3 Å². The molecule has 0 saturated heterocycles. The lowest BCUT2D eigenvalue weighted by molar-refractivity contribution is 1.33. The van der Waals surface area contributed by atoms with E-state index < -0.39 is 0 Å². The topological polar surface area (TPSA) is 0 Å². The Balaban J connectivity index is -0.000000218. The van der Waals surface area contributed by atoms with Crippen LogP contribution in [0.5, 0.6) is 0 Å². The van der Waals surface area contributed by atoms with E-state index in [1.54, 1.807) is 0 Å². The van der Waals surface area contributed by atoms with Crippen molar-refractivity contribution in [2.24, 2.45) is 0 Å². The molecule has 13 heavy (non-hydrogen) atoms. The Kier molecular flexibility index (Phi) is 20.4. The highest BCUT2D eigenvalue weighted by molar-refractivity contribution is 6.31. The number of allylic oxidation sites excluding steroid dienone is 4. The molecule has 0 unspecified atom stereocenters. The smallest absolute Gasteiger partial charge is 0.0391 e. The van der Waals surface area contributed by atoms with Crippen LogP contribution in [0, 0.1) is 0 Å². The maximum atomic E-state index is 5.81. The Morgan fingerprint density at radius 1 is 0.846 bits per heavy atom. The molecule has 1 heteroatoms. The van der Waals surface area contributed by atoms with E-state index in [4.69, 9.17) is 11.6 Å². The van der Waals surface area contributed by atoms with Crippen LogP contribution in [-0.4, -0.2) is 0 Å². The Hall–Kier alpha value is -0.230. The highest BCUT2D eigenvalue weighted by atomic mass is 35.5. The van der Waals surface area contributed by atoms with Gasteiger partial charge in [0, 0.05) is 5.03 Å². The van der Waals surface area contributed by atoms with E-state index in [-0.39, 0.29) is 0 Å². The zero-order chi connectivity index (χ0) is 11.4. The van der Waals surface area contributed by atoms with Gasteiger partial charge in [-0.15, -0.1) is 0 Å². The molecular formula is C12H25Cl. The van der Waals surface area contributed by atoms with Gasteiger partial charge in [0.05, 0.1) is 0 Å². The summed E-state index contributed by atoms with van der Waals surface area (Å²) in [6, 6.07) is 0. The van der Waals surface area contributed by atoms with E-state index in [1.165, 1.54) is 5.57 Å². The molecule has 0 radical (unpaired) electrons. The molecule has 0 spiro atoms. The van der Waals surface area contributed by atoms with Crippen LogP contribution in [0.1, 0.15) is 55.4 Å². The predicted molar refractivity (Wildman–Crippen MR) is 66.4 cm³/mol. The average Bonchev–Trinajstić information content (AvgIpc) is 2.10. The summed E-state index contributed by atoms with van der Waals surface area (Å²) < 4.78 is 0. The van der Waals surface area contributed by atoms with Gasteiger partial charge < -0.3 is 0 Å². The summed E-state index contributed by atoms with van der Waals surface area (Å²) in [5.74, 6) is 0. The third-order valence-corrected chi connectivity index (χ3v) is 1.38. The lowest BCUT2D eigenvalue weighted by atomic mass is 10.2. The molecule has 0 fully saturated rings. The van der Waals surface area contributed by atoms with E-state index in [2.05, 4.69) is 0 Å². The second kappa shape index (κ2) is 14.3. The van der Waals surface area contributed by atoms with Crippen LogP contribution < -0.4 is 0 Å². The summed E-state index contributed by atoms with van der Waals surface area (Å²) in [6.07, 6.45) is 1.97. The van der Waals surface area contributed by atoms with Crippen LogP contribution in [0.2, 0.25) is 0 Å². The van der Waals surface area contributed by atoms with E-state index in [0.29, 0.717) is 0 Å². The van der Waals surface area contributed by atoms with Gasteiger partial charge in [-0.05, 0) is 33.8 Å². The van der Waals surface area contributed by atoms with Crippen molar-refractivity contribution >= 4 is 11.6 Å². The first kappa shape index (κ1) is 18.5. The highest BCUT2D eigenvalue weighted by Crippen LogP contribution is 2.11. The molecule has 80 valence electrons. The molecule has 0 rings (SSSR count). The summed E-state index contributed by atoms with van der Waals surface area (Å²) in [4.78, 5) is 0. The van der Waals surface area contributed by atoms with Crippen molar-refractivity contribution < 1.29 is 0 Å². The molecule has 0 aliphatic carbocycles. The third kappa shape index (κ3) is 18.6. The fraction of sp³-hybridized carbons (Fsp3) is 0.667. The maximum Gasteiger partial charge on any atom is 0.0391 e. The van der Waals surface area contributed by atoms with Gasteiger partial charge in [-0.3, -0.25) is 0 Å². The summed E-state index contributed by atoms with van der Waals surface area (Å²) in [6.45, 7) is 16.1. The molecule has 0 aliphatic heterocycles. The average molecular weight is 205 g/mol. The van der Waals surface area contributed by atoms with Crippen LogP contribution in [0.3, 0.4) is 0 Å². The third-order valence-electron chi connectivity index (χ3n) is 0.893. The second-order valence-corrected chi connectivity index (χ2v) is 2.98. The normalized spacial score (nSPS) is 6.85. The summed E-state index contributed by atoms with van der Waals surface area (Å²) >= 11 is 5.81. The molecule has 0 aromatic carbocycles. The number of halogens is 1. The van der Waals surface area contributed by atoms with Crippen LogP contribution in [0.25, 0.3) is 0 Å². The molecule has 0 aromatic heterocycles. The number of hydrogen-bond acceptors (Lipinski definition) is 0. The van der Waals surface area contributed by atoms with Crippen molar-refractivity contribution in [2.45, 2.75) is 55.4 Å². The molecule has 0 atom stereocenters. The van der Waals surface area contributed by atoms with E-state index in [9.17, 15) is 0 Å². The van der Waals surface area contributed by atoms with Gasteiger partial charge in [-0.1, -0.05) is 50.4 Å². The summed E-state index contributed by atoms with van der Waals surface area (Å²) in [7, 11) is 0. The molecular weight excluding hydrogens is 180 g/mol. The molecule has 0 aromatic rings. The second-order valence-electron chi connectivity index (χ2n) is 2.57. The Morgan fingerprint density at radius 3 is 1.23 bits per heavy atom. The Morgan fingerprint density at radius 2 is 1.15 bits per heavy atom. The zero-order valence-electron chi connectivity index (χ0n) is 10.5. The van der Waals surface area contributed by atoms with Crippen molar-refractivity contribution in [2.75, 3.05) is 0 Å². The van der Waals surface area contributed by atoms with E-state index in [0.717, 1.165) is 10.6 Å². The van der Waals surface area contributed by atoms with Gasteiger partial charge in [-0.25, -0.2) is 0 Å². The molecule has 0 amide bonds. The first-order valence-corrected chi connectivity index (χ1v) is 5.39. The van der Waals surface area contributed by atoms with Gasteiger partial charge in [0.15, 0.2) is 0 Å². The van der Waals surface area contributed by atoms with Crippen molar-refractivity contribution in [1.82, 2.24) is 0 Å².